The van der Waals surface area contributed by atoms with Gasteiger partial charge < -0.3 is 19.7 Å². The first-order chi connectivity index (χ1) is 11.7. The highest BCUT2D eigenvalue weighted by molar-refractivity contribution is 5.89. The third kappa shape index (κ3) is 4.46. The number of nitrogens with one attached hydrogen (secondary N) is 1. The molecule has 0 atom stereocenters. The lowest BCUT2D eigenvalue weighted by molar-refractivity contribution is -0.133. The predicted octanol–water partition coefficient (Wildman–Crippen LogP) is 0.251. The molecule has 2 aliphatic rings. The predicted molar refractivity (Wildman–Crippen MR) is 89.2 cm³/mol. The summed E-state index contributed by atoms with van der Waals surface area (Å²) in [7, 11) is 0. The van der Waals surface area contributed by atoms with E-state index < -0.39 is 0 Å². The lowest BCUT2D eigenvalue weighted by Gasteiger charge is -2.29. The number of carbonyl (C=O) groups is 2. The molecule has 2 heterocycles. The van der Waals surface area contributed by atoms with E-state index >= 15 is 0 Å². The molecule has 7 nitrogen and oxygen atoms in total. The van der Waals surface area contributed by atoms with Gasteiger partial charge in [0.2, 0.25) is 5.91 Å². The maximum atomic E-state index is 12.1. The van der Waals surface area contributed by atoms with Crippen molar-refractivity contribution in [3.8, 4) is 5.75 Å². The second-order valence-electron chi connectivity index (χ2n) is 5.96. The first-order valence-electron chi connectivity index (χ1n) is 8.34. The van der Waals surface area contributed by atoms with E-state index in [1.165, 1.54) is 0 Å². The van der Waals surface area contributed by atoms with E-state index in [-0.39, 0.29) is 25.0 Å². The number of benzene rings is 1. The van der Waals surface area contributed by atoms with Crippen molar-refractivity contribution in [2.75, 3.05) is 57.4 Å². The normalized spacial score (nSPS) is 18.0. The summed E-state index contributed by atoms with van der Waals surface area (Å²) >= 11 is 0. The summed E-state index contributed by atoms with van der Waals surface area (Å²) in [6.45, 7) is 5.34. The maximum absolute atomic E-state index is 12.1. The second-order valence-corrected chi connectivity index (χ2v) is 5.96. The Hall–Kier alpha value is -2.12. The topological polar surface area (TPSA) is 71.1 Å². The summed E-state index contributed by atoms with van der Waals surface area (Å²) < 4.78 is 10.5. The molecule has 130 valence electrons. The monoisotopic (exact) mass is 333 g/mol. The van der Waals surface area contributed by atoms with Crippen molar-refractivity contribution in [1.29, 1.82) is 0 Å². The van der Waals surface area contributed by atoms with Gasteiger partial charge in [-0.3, -0.25) is 9.69 Å². The molecule has 1 amide bonds. The van der Waals surface area contributed by atoms with Gasteiger partial charge in [0.25, 0.3) is 0 Å². The molecule has 1 N–H and O–H groups in total. The molecule has 0 radical (unpaired) electrons. The largest absolute Gasteiger partial charge is 0.423 e. The summed E-state index contributed by atoms with van der Waals surface area (Å²) in [5.74, 6) is 0.0872. The number of morpholine rings is 1. The van der Waals surface area contributed by atoms with Gasteiger partial charge in [-0.05, 0) is 25.1 Å². The molecule has 0 saturated carbocycles. The molecular formula is C17H23N3O4. The summed E-state index contributed by atoms with van der Waals surface area (Å²) in [6.07, 6.45) is 0.907. The molecule has 1 fully saturated rings. The Kier molecular flexibility index (Phi) is 5.66. The number of para-hydroxylation sites is 2. The van der Waals surface area contributed by atoms with Crippen molar-refractivity contribution >= 4 is 17.6 Å². The Morgan fingerprint density at radius 1 is 1.21 bits per heavy atom. The minimum atomic E-state index is -0.339. The number of hydrogen-bond acceptors (Lipinski definition) is 6. The van der Waals surface area contributed by atoms with E-state index in [0.29, 0.717) is 12.3 Å². The number of ether oxygens (including phenoxy) is 2. The van der Waals surface area contributed by atoms with Crippen molar-refractivity contribution in [3.05, 3.63) is 24.3 Å². The van der Waals surface area contributed by atoms with Crippen molar-refractivity contribution in [2.45, 2.75) is 6.42 Å². The van der Waals surface area contributed by atoms with Crippen LogP contribution in [0.2, 0.25) is 0 Å². The standard InChI is InChI=1S/C17H23N3O4/c21-16(18-6-3-7-19-8-10-23-11-9-19)12-20-13-17(22)24-15-5-2-1-4-14(15)20/h1-2,4-5H,3,6-13H2,(H,18,21). The maximum Gasteiger partial charge on any atom is 0.331 e. The molecule has 0 spiro atoms. The lowest BCUT2D eigenvalue weighted by atomic mass is 10.2. The van der Waals surface area contributed by atoms with Crippen molar-refractivity contribution in [3.63, 3.8) is 0 Å². The van der Waals surface area contributed by atoms with E-state index in [0.717, 1.165) is 45.0 Å². The van der Waals surface area contributed by atoms with Crippen LogP contribution in [0.3, 0.4) is 0 Å². The average molecular weight is 333 g/mol. The molecule has 1 saturated heterocycles. The summed E-state index contributed by atoms with van der Waals surface area (Å²) in [5, 5.41) is 2.92. The third-order valence-corrected chi connectivity index (χ3v) is 4.16. The van der Waals surface area contributed by atoms with Crippen molar-refractivity contribution in [1.82, 2.24) is 10.2 Å². The number of anilines is 1. The fourth-order valence-electron chi connectivity index (χ4n) is 2.93. The fraction of sp³-hybridized carbons (Fsp3) is 0.529. The van der Waals surface area contributed by atoms with Crippen LogP contribution in [0.15, 0.2) is 24.3 Å². The van der Waals surface area contributed by atoms with Crippen LogP contribution in [-0.2, 0) is 14.3 Å². The van der Waals surface area contributed by atoms with Gasteiger partial charge in [0.1, 0.15) is 6.54 Å². The Bertz CT molecular complexity index is 587. The highest BCUT2D eigenvalue weighted by Gasteiger charge is 2.25. The van der Waals surface area contributed by atoms with Crippen LogP contribution in [0.5, 0.6) is 5.75 Å². The minimum Gasteiger partial charge on any atom is -0.423 e. The van der Waals surface area contributed by atoms with E-state index in [9.17, 15) is 9.59 Å². The molecule has 2 aliphatic heterocycles. The number of rotatable bonds is 6. The quantitative estimate of drug-likeness (QED) is 0.457. The van der Waals surface area contributed by atoms with Gasteiger partial charge >= 0.3 is 5.97 Å². The van der Waals surface area contributed by atoms with Gasteiger partial charge in [-0.2, -0.15) is 0 Å². The van der Waals surface area contributed by atoms with E-state index in [1.54, 1.807) is 17.0 Å². The van der Waals surface area contributed by atoms with Crippen LogP contribution in [0, 0.1) is 0 Å². The molecule has 0 aromatic heterocycles. The average Bonchev–Trinajstić information content (AvgIpc) is 2.59. The Labute approximate surface area is 141 Å². The van der Waals surface area contributed by atoms with E-state index in [1.807, 2.05) is 12.1 Å². The first kappa shape index (κ1) is 16.7. The SMILES string of the molecule is O=C(CN1CC(=O)Oc2ccccc21)NCCCN1CCOCC1. The third-order valence-electron chi connectivity index (χ3n) is 4.16. The molecule has 1 aromatic carbocycles. The summed E-state index contributed by atoms with van der Waals surface area (Å²) in [5.41, 5.74) is 0.778. The molecule has 1 aromatic rings. The van der Waals surface area contributed by atoms with Gasteiger partial charge in [-0.15, -0.1) is 0 Å². The molecule has 0 bridgehead atoms. The summed E-state index contributed by atoms with van der Waals surface area (Å²) in [4.78, 5) is 27.9. The molecule has 0 unspecified atom stereocenters. The van der Waals surface area contributed by atoms with Crippen LogP contribution >= 0.6 is 0 Å². The number of nitrogens with zero attached hydrogens (tertiary/aromatic N) is 2. The zero-order chi connectivity index (χ0) is 16.8. The van der Waals surface area contributed by atoms with Gasteiger partial charge in [-0.25, -0.2) is 4.79 Å². The number of carbonyl (C=O) groups excluding carboxylic acids is 2. The highest BCUT2D eigenvalue weighted by Crippen LogP contribution is 2.30. The Balaban J connectivity index is 1.42. The molecule has 0 aliphatic carbocycles. The van der Waals surface area contributed by atoms with Crippen LogP contribution < -0.4 is 15.0 Å². The van der Waals surface area contributed by atoms with Crippen LogP contribution in [-0.4, -0.2) is 69.3 Å². The van der Waals surface area contributed by atoms with Gasteiger partial charge in [0, 0.05) is 19.6 Å². The lowest BCUT2D eigenvalue weighted by Crippen LogP contribution is -2.44. The molecule has 7 heteroatoms. The summed E-state index contributed by atoms with van der Waals surface area (Å²) in [6, 6.07) is 7.26. The highest BCUT2D eigenvalue weighted by atomic mass is 16.5. The number of fused-ring (bicyclic) bond motifs is 1. The Morgan fingerprint density at radius 2 is 2.00 bits per heavy atom. The Morgan fingerprint density at radius 3 is 2.83 bits per heavy atom. The fourth-order valence-corrected chi connectivity index (χ4v) is 2.93. The number of hydrogen-bond donors (Lipinski definition) is 1. The van der Waals surface area contributed by atoms with Crippen LogP contribution in [0.25, 0.3) is 0 Å². The molecule has 24 heavy (non-hydrogen) atoms. The van der Waals surface area contributed by atoms with E-state index in [2.05, 4.69) is 10.2 Å². The molecular weight excluding hydrogens is 310 g/mol. The van der Waals surface area contributed by atoms with Crippen LogP contribution in [0.4, 0.5) is 5.69 Å². The minimum absolute atomic E-state index is 0.0820. The van der Waals surface area contributed by atoms with Crippen molar-refractivity contribution in [2.24, 2.45) is 0 Å². The van der Waals surface area contributed by atoms with Gasteiger partial charge in [0.05, 0.1) is 25.4 Å². The van der Waals surface area contributed by atoms with Crippen molar-refractivity contribution < 1.29 is 19.1 Å². The molecule has 3 rings (SSSR count). The first-order valence-corrected chi connectivity index (χ1v) is 8.34. The van der Waals surface area contributed by atoms with E-state index in [4.69, 9.17) is 9.47 Å². The smallest absolute Gasteiger partial charge is 0.331 e. The number of amides is 1. The van der Waals surface area contributed by atoms with Crippen LogP contribution in [0.1, 0.15) is 6.42 Å². The second kappa shape index (κ2) is 8.12. The zero-order valence-electron chi connectivity index (χ0n) is 13.7. The number of esters is 1. The van der Waals surface area contributed by atoms with Gasteiger partial charge in [0.15, 0.2) is 5.75 Å². The van der Waals surface area contributed by atoms with Gasteiger partial charge in [-0.1, -0.05) is 12.1 Å². The zero-order valence-corrected chi connectivity index (χ0v) is 13.7.